The molecule has 1 aliphatic heterocycles. The van der Waals surface area contributed by atoms with E-state index in [-0.39, 0.29) is 24.4 Å². The molecule has 0 aromatic heterocycles. The molecule has 1 aromatic carbocycles. The van der Waals surface area contributed by atoms with Crippen molar-refractivity contribution in [3.63, 3.8) is 0 Å². The third-order valence-electron chi connectivity index (χ3n) is 2.77. The molecule has 9 heteroatoms. The van der Waals surface area contributed by atoms with Gasteiger partial charge in [-0.3, -0.25) is 4.79 Å². The van der Waals surface area contributed by atoms with Crippen molar-refractivity contribution >= 4 is 21.9 Å². The van der Waals surface area contributed by atoms with Crippen molar-refractivity contribution in [1.29, 1.82) is 0 Å². The van der Waals surface area contributed by atoms with Crippen LogP contribution in [0.5, 0.6) is 0 Å². The summed E-state index contributed by atoms with van der Waals surface area (Å²) in [5, 5.41) is 11.1. The van der Waals surface area contributed by atoms with Crippen LogP contribution in [-0.4, -0.2) is 38.0 Å². The summed E-state index contributed by atoms with van der Waals surface area (Å²) in [6.45, 7) is 0.132. The lowest BCUT2D eigenvalue weighted by molar-refractivity contribution is -0.119. The van der Waals surface area contributed by atoms with E-state index < -0.39 is 32.7 Å². The second-order valence-corrected chi connectivity index (χ2v) is 5.96. The van der Waals surface area contributed by atoms with Gasteiger partial charge in [0.2, 0.25) is 15.9 Å². The Morgan fingerprint density at radius 1 is 1.45 bits per heavy atom. The summed E-state index contributed by atoms with van der Waals surface area (Å²) in [5.41, 5.74) is -0.348. The molecule has 20 heavy (non-hydrogen) atoms. The molecule has 2 rings (SSSR count). The number of hydrogen-bond acceptors (Lipinski definition) is 4. The minimum absolute atomic E-state index is 0.0198. The normalized spacial score (nSPS) is 18.9. The largest absolute Gasteiger partial charge is 0.478 e. The number of nitrogens with one attached hydrogen (secondary N) is 2. The molecule has 1 amide bonds. The number of halogens is 1. The quantitative estimate of drug-likeness (QED) is 0.706. The first-order chi connectivity index (χ1) is 9.29. The van der Waals surface area contributed by atoms with Gasteiger partial charge in [0.1, 0.15) is 10.7 Å². The number of benzene rings is 1. The average Bonchev–Trinajstić information content (AvgIpc) is 2.73. The molecule has 0 radical (unpaired) electrons. The van der Waals surface area contributed by atoms with E-state index in [4.69, 9.17) is 5.11 Å². The van der Waals surface area contributed by atoms with Crippen molar-refractivity contribution in [1.82, 2.24) is 10.0 Å². The van der Waals surface area contributed by atoms with Crippen LogP contribution in [0.2, 0.25) is 0 Å². The van der Waals surface area contributed by atoms with Gasteiger partial charge in [-0.2, -0.15) is 0 Å². The Balaban J connectivity index is 2.25. The maximum atomic E-state index is 13.7. The highest BCUT2D eigenvalue weighted by Crippen LogP contribution is 2.17. The molecule has 1 saturated heterocycles. The van der Waals surface area contributed by atoms with Crippen molar-refractivity contribution < 1.29 is 27.5 Å². The zero-order chi connectivity index (χ0) is 14.9. The van der Waals surface area contributed by atoms with Crippen molar-refractivity contribution in [2.75, 3.05) is 6.54 Å². The van der Waals surface area contributed by atoms with Crippen LogP contribution in [0.1, 0.15) is 16.8 Å². The Labute approximate surface area is 113 Å². The number of amides is 1. The van der Waals surface area contributed by atoms with Gasteiger partial charge in [0.05, 0.1) is 5.56 Å². The van der Waals surface area contributed by atoms with E-state index in [9.17, 15) is 22.4 Å². The lowest BCUT2D eigenvalue weighted by atomic mass is 10.2. The Kier molecular flexibility index (Phi) is 3.73. The van der Waals surface area contributed by atoms with Gasteiger partial charge in [0.25, 0.3) is 0 Å². The van der Waals surface area contributed by atoms with Crippen LogP contribution in [-0.2, 0) is 14.8 Å². The fraction of sp³-hybridized carbons (Fsp3) is 0.273. The molecule has 3 N–H and O–H groups in total. The average molecular weight is 302 g/mol. The highest BCUT2D eigenvalue weighted by Gasteiger charge is 2.28. The molecule has 0 bridgehead atoms. The van der Waals surface area contributed by atoms with Crippen LogP contribution >= 0.6 is 0 Å². The molecule has 1 aliphatic rings. The first-order valence-corrected chi connectivity index (χ1v) is 7.10. The molecule has 0 saturated carbocycles. The Hall–Kier alpha value is -2.00. The van der Waals surface area contributed by atoms with Crippen molar-refractivity contribution in [2.45, 2.75) is 17.4 Å². The number of carboxylic acids is 1. The summed E-state index contributed by atoms with van der Waals surface area (Å²) in [7, 11) is -4.15. The standard InChI is InChI=1S/C11H11FN2O5S/c12-8-3-6(11(16)17)1-2-9(8)20(18,19)14-7-4-10(15)13-5-7/h1-3,7,14H,4-5H2,(H,13,15)(H,16,17). The molecule has 0 aliphatic carbocycles. The third kappa shape index (κ3) is 2.94. The van der Waals surface area contributed by atoms with E-state index >= 15 is 0 Å². The number of aromatic carboxylic acids is 1. The second kappa shape index (κ2) is 5.17. The van der Waals surface area contributed by atoms with E-state index in [1.807, 2.05) is 0 Å². The van der Waals surface area contributed by atoms with Crippen LogP contribution in [0.15, 0.2) is 23.1 Å². The summed E-state index contributed by atoms with van der Waals surface area (Å²) in [5.74, 6) is -2.81. The Bertz CT molecular complexity index is 673. The summed E-state index contributed by atoms with van der Waals surface area (Å²) >= 11 is 0. The van der Waals surface area contributed by atoms with Crippen molar-refractivity contribution in [3.8, 4) is 0 Å². The number of carbonyl (C=O) groups is 2. The highest BCUT2D eigenvalue weighted by molar-refractivity contribution is 7.89. The summed E-state index contributed by atoms with van der Waals surface area (Å²) in [6, 6.07) is 1.87. The van der Waals surface area contributed by atoms with Gasteiger partial charge in [-0.25, -0.2) is 22.3 Å². The zero-order valence-corrected chi connectivity index (χ0v) is 10.9. The van der Waals surface area contributed by atoms with Crippen LogP contribution < -0.4 is 10.0 Å². The number of hydrogen-bond donors (Lipinski definition) is 3. The highest BCUT2D eigenvalue weighted by atomic mass is 32.2. The van der Waals surface area contributed by atoms with Gasteiger partial charge >= 0.3 is 5.97 Å². The van der Waals surface area contributed by atoms with Gasteiger partial charge in [0.15, 0.2) is 0 Å². The molecule has 1 atom stereocenters. The molecule has 1 heterocycles. The monoisotopic (exact) mass is 302 g/mol. The second-order valence-electron chi connectivity index (χ2n) is 4.28. The topological polar surface area (TPSA) is 113 Å². The van der Waals surface area contributed by atoms with Gasteiger partial charge in [-0.05, 0) is 18.2 Å². The predicted octanol–water partition coefficient (Wildman–Crippen LogP) is -0.309. The lowest BCUT2D eigenvalue weighted by Crippen LogP contribution is -2.36. The maximum absolute atomic E-state index is 13.7. The molecule has 7 nitrogen and oxygen atoms in total. The number of carboxylic acid groups (broad SMARTS) is 1. The van der Waals surface area contributed by atoms with Gasteiger partial charge in [-0.1, -0.05) is 0 Å². The van der Waals surface area contributed by atoms with E-state index in [2.05, 4.69) is 10.0 Å². The lowest BCUT2D eigenvalue weighted by Gasteiger charge is -2.12. The molecule has 1 fully saturated rings. The van der Waals surface area contributed by atoms with E-state index in [0.29, 0.717) is 6.07 Å². The first kappa shape index (κ1) is 14.4. The molecule has 0 spiro atoms. The first-order valence-electron chi connectivity index (χ1n) is 5.61. The number of carbonyl (C=O) groups excluding carboxylic acids is 1. The molecule has 1 aromatic rings. The van der Waals surface area contributed by atoms with Crippen LogP contribution in [0, 0.1) is 5.82 Å². The van der Waals surface area contributed by atoms with Gasteiger partial charge in [-0.15, -0.1) is 0 Å². The van der Waals surface area contributed by atoms with Crippen molar-refractivity contribution in [2.24, 2.45) is 0 Å². The summed E-state index contributed by atoms with van der Waals surface area (Å²) in [4.78, 5) is 21.0. The minimum atomic E-state index is -4.15. The molecule has 108 valence electrons. The summed E-state index contributed by atoms with van der Waals surface area (Å²) in [6.07, 6.45) is -0.0198. The maximum Gasteiger partial charge on any atom is 0.335 e. The number of sulfonamides is 1. The smallest absolute Gasteiger partial charge is 0.335 e. The number of rotatable bonds is 4. The van der Waals surface area contributed by atoms with Crippen molar-refractivity contribution in [3.05, 3.63) is 29.6 Å². The molecular weight excluding hydrogens is 291 g/mol. The van der Waals surface area contributed by atoms with E-state index in [0.717, 1.165) is 12.1 Å². The minimum Gasteiger partial charge on any atom is -0.478 e. The summed E-state index contributed by atoms with van der Waals surface area (Å²) < 4.78 is 39.8. The SMILES string of the molecule is O=C1CC(NS(=O)(=O)c2ccc(C(=O)O)cc2F)CN1. The zero-order valence-electron chi connectivity index (χ0n) is 10.1. The van der Waals surface area contributed by atoms with E-state index in [1.165, 1.54) is 0 Å². The fourth-order valence-corrected chi connectivity index (χ4v) is 3.12. The van der Waals surface area contributed by atoms with Gasteiger partial charge < -0.3 is 10.4 Å². The molecule has 1 unspecified atom stereocenters. The predicted molar refractivity (Wildman–Crippen MR) is 65.1 cm³/mol. The third-order valence-corrected chi connectivity index (χ3v) is 4.32. The fourth-order valence-electron chi connectivity index (χ4n) is 1.82. The Morgan fingerprint density at radius 3 is 2.65 bits per heavy atom. The van der Waals surface area contributed by atoms with Gasteiger partial charge in [0, 0.05) is 19.0 Å². The molecular formula is C11H11FN2O5S. The van der Waals surface area contributed by atoms with Crippen LogP contribution in [0.25, 0.3) is 0 Å². The Morgan fingerprint density at radius 2 is 2.15 bits per heavy atom. The van der Waals surface area contributed by atoms with Crippen LogP contribution in [0.3, 0.4) is 0 Å². The van der Waals surface area contributed by atoms with Crippen LogP contribution in [0.4, 0.5) is 4.39 Å². The van der Waals surface area contributed by atoms with E-state index in [1.54, 1.807) is 0 Å².